The lowest BCUT2D eigenvalue weighted by Gasteiger charge is -2.51. The minimum atomic E-state index is -0.909. The first-order valence-electron chi connectivity index (χ1n) is 11.9. The minimum Gasteiger partial charge on any atom is -0.385 e. The maximum absolute atomic E-state index is 13.1. The fourth-order valence-electron chi connectivity index (χ4n) is 5.13. The molecule has 1 unspecified atom stereocenters. The second-order valence-corrected chi connectivity index (χ2v) is 12.2. The average molecular weight is 490 g/mol. The lowest BCUT2D eigenvalue weighted by molar-refractivity contribution is -0.129. The molecule has 1 aliphatic carbocycles. The fraction of sp³-hybridized carbons (Fsp3) is 0.577. The van der Waals surface area contributed by atoms with Crippen LogP contribution in [0, 0.1) is 11.3 Å². The van der Waals surface area contributed by atoms with Crippen molar-refractivity contribution in [2.45, 2.75) is 64.0 Å². The molecule has 33 heavy (non-hydrogen) atoms. The van der Waals surface area contributed by atoms with Gasteiger partial charge >= 0.3 is 0 Å². The Morgan fingerprint density at radius 3 is 2.70 bits per heavy atom. The van der Waals surface area contributed by atoms with Gasteiger partial charge in [-0.15, -0.1) is 0 Å². The zero-order chi connectivity index (χ0) is 23.8. The summed E-state index contributed by atoms with van der Waals surface area (Å²) in [6.07, 6.45) is 6.96. The van der Waals surface area contributed by atoms with E-state index in [-0.39, 0.29) is 22.7 Å². The van der Waals surface area contributed by atoms with Crippen molar-refractivity contribution in [1.82, 2.24) is 15.5 Å². The van der Waals surface area contributed by atoms with E-state index in [9.17, 15) is 9.90 Å². The number of amides is 1. The molecule has 4 rings (SSSR count). The highest BCUT2D eigenvalue weighted by Crippen LogP contribution is 2.46. The van der Waals surface area contributed by atoms with Gasteiger partial charge in [0.2, 0.25) is 0 Å². The molecule has 0 spiro atoms. The van der Waals surface area contributed by atoms with Crippen LogP contribution in [-0.4, -0.2) is 47.0 Å². The van der Waals surface area contributed by atoms with E-state index in [1.165, 1.54) is 4.91 Å². The van der Waals surface area contributed by atoms with Crippen LogP contribution in [0.1, 0.15) is 52.5 Å². The molecule has 7 heteroatoms. The van der Waals surface area contributed by atoms with Crippen LogP contribution in [0.5, 0.6) is 0 Å². The molecule has 0 bridgehead atoms. The maximum atomic E-state index is 13.1. The van der Waals surface area contributed by atoms with E-state index in [1.807, 2.05) is 24.3 Å². The van der Waals surface area contributed by atoms with Crippen LogP contribution < -0.4 is 10.6 Å². The summed E-state index contributed by atoms with van der Waals surface area (Å²) < 4.78 is 0. The summed E-state index contributed by atoms with van der Waals surface area (Å²) in [7, 11) is 0. The molecular weight excluding hydrogens is 454 g/mol. The minimum absolute atomic E-state index is 0.0468. The Bertz CT molecular complexity index is 943. The fourth-order valence-corrected chi connectivity index (χ4v) is 6.39. The predicted molar refractivity (Wildman–Crippen MR) is 137 cm³/mol. The van der Waals surface area contributed by atoms with E-state index in [0.29, 0.717) is 17.4 Å². The Balaban J connectivity index is 1.38. The highest BCUT2D eigenvalue weighted by molar-refractivity contribution is 8.04. The van der Waals surface area contributed by atoms with E-state index in [4.69, 9.17) is 11.6 Å². The molecule has 3 aliphatic rings. The number of hydrogen-bond donors (Lipinski definition) is 3. The van der Waals surface area contributed by atoms with E-state index in [2.05, 4.69) is 55.4 Å². The summed E-state index contributed by atoms with van der Waals surface area (Å²) in [4.78, 5) is 16.7. The number of allylic oxidation sites excluding steroid dienone is 3. The van der Waals surface area contributed by atoms with E-state index in [1.54, 1.807) is 11.8 Å². The molecule has 1 aromatic rings. The Hall–Kier alpha value is -1.47. The van der Waals surface area contributed by atoms with Gasteiger partial charge in [0, 0.05) is 46.7 Å². The van der Waals surface area contributed by atoms with Crippen LogP contribution in [0.4, 0.5) is 0 Å². The largest absolute Gasteiger partial charge is 0.385 e. The van der Waals surface area contributed by atoms with Gasteiger partial charge in [-0.25, -0.2) is 0 Å². The molecule has 5 nitrogen and oxygen atoms in total. The molecule has 1 saturated heterocycles. The summed E-state index contributed by atoms with van der Waals surface area (Å²) in [6, 6.07) is 7.61. The second kappa shape index (κ2) is 9.65. The summed E-state index contributed by atoms with van der Waals surface area (Å²) in [5, 5.41) is 18.8. The number of rotatable bonds is 6. The van der Waals surface area contributed by atoms with Gasteiger partial charge in [-0.3, -0.25) is 4.79 Å². The van der Waals surface area contributed by atoms with E-state index >= 15 is 0 Å². The molecule has 180 valence electrons. The Morgan fingerprint density at radius 1 is 1.33 bits per heavy atom. The van der Waals surface area contributed by atoms with Crippen LogP contribution in [0.25, 0.3) is 0 Å². The van der Waals surface area contributed by atoms with E-state index < -0.39 is 5.60 Å². The van der Waals surface area contributed by atoms with Gasteiger partial charge in [-0.1, -0.05) is 69.3 Å². The highest BCUT2D eigenvalue weighted by Gasteiger charge is 2.49. The molecule has 0 saturated carbocycles. The third kappa shape index (κ3) is 5.14. The van der Waals surface area contributed by atoms with E-state index in [0.717, 1.165) is 43.7 Å². The molecule has 3 atom stereocenters. The normalized spacial score (nSPS) is 27.9. The summed E-state index contributed by atoms with van der Waals surface area (Å²) in [5.74, 6) is 0.360. The molecule has 1 amide bonds. The number of thioether (sulfide) groups is 1. The number of aliphatic hydroxyl groups is 1. The van der Waals surface area contributed by atoms with Crippen molar-refractivity contribution in [2.75, 3.05) is 19.6 Å². The third-order valence-electron chi connectivity index (χ3n) is 7.35. The Morgan fingerprint density at radius 2 is 2.06 bits per heavy atom. The van der Waals surface area contributed by atoms with Crippen molar-refractivity contribution in [3.63, 3.8) is 0 Å². The standard InChI is InChI=1S/C26H36ClN3O2S/c1-17(2)21(28-23(31)24-29-20-7-5-6-8-22(20)33-24)15-30-14-13-26(32,25(3,4)16-30)18-9-11-19(27)12-10-18/h5,7,9-12,17,21,24,29,32H,6,8,13-16H2,1-4H3,(H,28,31)/t21-,24?,26-/m0/s1. The molecule has 2 heterocycles. The number of piperidine rings is 1. The first kappa shape index (κ1) is 24.6. The maximum Gasteiger partial charge on any atom is 0.253 e. The van der Waals surface area contributed by atoms with Gasteiger partial charge in [0.25, 0.3) is 5.91 Å². The van der Waals surface area contributed by atoms with Gasteiger partial charge in [-0.05, 0) is 49.0 Å². The summed E-state index contributed by atoms with van der Waals surface area (Å²) >= 11 is 7.71. The Kier molecular flexibility index (Phi) is 7.21. The lowest BCUT2D eigenvalue weighted by Crippen LogP contribution is -2.58. The number of benzene rings is 1. The van der Waals surface area contributed by atoms with Crippen LogP contribution in [0.2, 0.25) is 5.02 Å². The number of likely N-dealkylation sites (tertiary alicyclic amines) is 1. The quantitative estimate of drug-likeness (QED) is 0.544. The van der Waals surface area contributed by atoms with Crippen LogP contribution >= 0.6 is 23.4 Å². The Labute approximate surface area is 207 Å². The van der Waals surface area contributed by atoms with Gasteiger partial charge < -0.3 is 20.6 Å². The molecular formula is C26H36ClN3O2S. The molecule has 3 N–H and O–H groups in total. The van der Waals surface area contributed by atoms with Crippen LogP contribution in [0.15, 0.2) is 47.0 Å². The average Bonchev–Trinajstić information content (AvgIpc) is 3.20. The number of halogens is 1. The van der Waals surface area contributed by atoms with Crippen molar-refractivity contribution in [1.29, 1.82) is 0 Å². The van der Waals surface area contributed by atoms with Gasteiger partial charge in [-0.2, -0.15) is 0 Å². The SMILES string of the molecule is CC(C)[C@H](CN1CC[C@](O)(c2ccc(Cl)cc2)C(C)(C)C1)NC(=O)C1NC2=C(CCC=C2)S1. The first-order valence-corrected chi connectivity index (χ1v) is 13.2. The molecule has 1 fully saturated rings. The van der Waals surface area contributed by atoms with Gasteiger partial charge in [0.1, 0.15) is 0 Å². The molecule has 2 aliphatic heterocycles. The smallest absolute Gasteiger partial charge is 0.253 e. The first-order chi connectivity index (χ1) is 15.6. The van der Waals surface area contributed by atoms with Crippen LogP contribution in [0.3, 0.4) is 0 Å². The third-order valence-corrected chi connectivity index (χ3v) is 8.87. The van der Waals surface area contributed by atoms with Crippen LogP contribution in [-0.2, 0) is 10.4 Å². The highest BCUT2D eigenvalue weighted by atomic mass is 35.5. The predicted octanol–water partition coefficient (Wildman–Crippen LogP) is 4.62. The number of nitrogens with one attached hydrogen (secondary N) is 2. The number of nitrogens with zero attached hydrogens (tertiary/aromatic N) is 1. The van der Waals surface area contributed by atoms with Crippen molar-refractivity contribution in [2.24, 2.45) is 11.3 Å². The second-order valence-electron chi connectivity index (χ2n) is 10.5. The van der Waals surface area contributed by atoms with Gasteiger partial charge in [0.05, 0.1) is 5.60 Å². The van der Waals surface area contributed by atoms with Crippen molar-refractivity contribution in [3.8, 4) is 0 Å². The van der Waals surface area contributed by atoms with Crippen molar-refractivity contribution in [3.05, 3.63) is 57.6 Å². The summed E-state index contributed by atoms with van der Waals surface area (Å²) in [6.45, 7) is 10.9. The zero-order valence-corrected chi connectivity index (χ0v) is 21.6. The summed E-state index contributed by atoms with van der Waals surface area (Å²) in [5.41, 5.74) is 0.766. The monoisotopic (exact) mass is 489 g/mol. The number of carbonyl (C=O) groups excluding carboxylic acids is 1. The topological polar surface area (TPSA) is 64.6 Å². The van der Waals surface area contributed by atoms with Crippen molar-refractivity contribution >= 4 is 29.3 Å². The number of hydrogen-bond acceptors (Lipinski definition) is 5. The molecule has 0 aromatic heterocycles. The number of carbonyl (C=O) groups is 1. The lowest BCUT2D eigenvalue weighted by atomic mass is 9.66. The zero-order valence-electron chi connectivity index (χ0n) is 20.0. The molecule has 1 aromatic carbocycles. The molecule has 0 radical (unpaired) electrons. The van der Waals surface area contributed by atoms with Crippen molar-refractivity contribution < 1.29 is 9.90 Å². The van der Waals surface area contributed by atoms with Gasteiger partial charge in [0.15, 0.2) is 5.37 Å².